The molecule has 2 heterocycles. The summed E-state index contributed by atoms with van der Waals surface area (Å²) >= 11 is 11.6. The smallest absolute Gasteiger partial charge is 0.307 e. The number of fused-ring (bicyclic) bond motifs is 3. The largest absolute Gasteiger partial charge is 0.327 e. The Morgan fingerprint density at radius 1 is 1.15 bits per heavy atom. The lowest BCUT2D eigenvalue weighted by atomic mass is 9.88. The number of para-hydroxylation sites is 1. The van der Waals surface area contributed by atoms with Crippen LogP contribution >= 0.6 is 44.5 Å². The fraction of sp³-hybridized carbons (Fsp3) is 0.158. The summed E-state index contributed by atoms with van der Waals surface area (Å²) < 4.78 is 0.875. The van der Waals surface area contributed by atoms with Gasteiger partial charge in [-0.2, -0.15) is 0 Å². The summed E-state index contributed by atoms with van der Waals surface area (Å²) in [5.74, 6) is 0. The normalized spacial score (nSPS) is 14.5. The molecular formula is C19H15ClN2OS3. The van der Waals surface area contributed by atoms with Crippen LogP contribution in [0.2, 0.25) is 5.02 Å². The van der Waals surface area contributed by atoms with Gasteiger partial charge in [-0.25, -0.2) is 4.79 Å². The van der Waals surface area contributed by atoms with Crippen molar-refractivity contribution >= 4 is 61.9 Å². The van der Waals surface area contributed by atoms with E-state index in [0.717, 1.165) is 25.5 Å². The molecule has 1 aliphatic heterocycles. The van der Waals surface area contributed by atoms with Gasteiger partial charge in [-0.1, -0.05) is 68.8 Å². The minimum Gasteiger partial charge on any atom is -0.307 e. The third kappa shape index (κ3) is 2.77. The van der Waals surface area contributed by atoms with Crippen molar-refractivity contribution in [3.05, 3.63) is 62.3 Å². The van der Waals surface area contributed by atoms with Gasteiger partial charge in [0.15, 0.2) is 0 Å². The molecule has 0 unspecified atom stereocenters. The number of urea groups is 1. The van der Waals surface area contributed by atoms with Crippen molar-refractivity contribution < 1.29 is 4.79 Å². The fourth-order valence-electron chi connectivity index (χ4n) is 3.29. The molecule has 2 aromatic carbocycles. The van der Waals surface area contributed by atoms with Crippen molar-refractivity contribution in [1.82, 2.24) is 0 Å². The fourth-order valence-corrected chi connectivity index (χ4v) is 6.76. The summed E-state index contributed by atoms with van der Waals surface area (Å²) in [4.78, 5) is 16.2. The van der Waals surface area contributed by atoms with E-state index in [2.05, 4.69) is 19.2 Å². The quantitative estimate of drug-likeness (QED) is 0.336. The number of hydrogen-bond donors (Lipinski definition) is 1. The van der Waals surface area contributed by atoms with Crippen molar-refractivity contribution in [3.63, 3.8) is 0 Å². The Morgan fingerprint density at radius 3 is 2.69 bits per heavy atom. The molecule has 2 amide bonds. The Bertz CT molecular complexity index is 1070. The number of halogens is 1. The lowest BCUT2D eigenvalue weighted by Crippen LogP contribution is -2.49. The number of nitrogens with one attached hydrogen (secondary N) is 1. The summed E-state index contributed by atoms with van der Waals surface area (Å²) in [6, 6.07) is 14.9. The molecule has 3 nitrogen and oxygen atoms in total. The number of carbonyl (C=O) groups excluding carboxylic acids is 1. The lowest BCUT2D eigenvalue weighted by molar-refractivity contribution is 0.251. The molecule has 1 N–H and O–H groups in total. The molecule has 7 heteroatoms. The first kappa shape index (κ1) is 17.7. The SMILES string of the molecule is CC1(C)c2ssc(=S)c2-c2ccccc2N1C(=O)Nc1cccc(Cl)c1. The Morgan fingerprint density at radius 2 is 1.92 bits per heavy atom. The van der Waals surface area contributed by atoms with E-state index >= 15 is 0 Å². The van der Waals surface area contributed by atoms with Gasteiger partial charge in [0.2, 0.25) is 0 Å². The molecule has 26 heavy (non-hydrogen) atoms. The lowest BCUT2D eigenvalue weighted by Gasteiger charge is -2.42. The van der Waals surface area contributed by atoms with E-state index in [9.17, 15) is 4.79 Å². The van der Waals surface area contributed by atoms with Gasteiger partial charge >= 0.3 is 6.03 Å². The molecule has 0 atom stereocenters. The van der Waals surface area contributed by atoms with E-state index in [4.69, 9.17) is 23.8 Å². The number of anilines is 2. The van der Waals surface area contributed by atoms with Crippen molar-refractivity contribution in [2.24, 2.45) is 0 Å². The first-order valence-electron chi connectivity index (χ1n) is 7.99. The molecule has 4 rings (SSSR count). The highest BCUT2D eigenvalue weighted by Gasteiger charge is 2.42. The Labute approximate surface area is 169 Å². The average molecular weight is 419 g/mol. The van der Waals surface area contributed by atoms with E-state index in [-0.39, 0.29) is 6.03 Å². The van der Waals surface area contributed by atoms with Gasteiger partial charge in [0.25, 0.3) is 0 Å². The topological polar surface area (TPSA) is 32.3 Å². The Kier molecular flexibility index (Phi) is 4.39. The summed E-state index contributed by atoms with van der Waals surface area (Å²) in [5, 5.41) is 3.55. The standard InChI is InChI=1S/C19H15ClN2OS3/c1-19(2)16-15(17(24)26-25-16)13-8-3-4-9-14(13)22(19)18(23)21-12-7-5-6-11(20)10-12/h3-10H,1-2H3,(H,21,23). The predicted molar refractivity (Wildman–Crippen MR) is 114 cm³/mol. The van der Waals surface area contributed by atoms with Crippen molar-refractivity contribution in [3.8, 4) is 11.1 Å². The second-order valence-electron chi connectivity index (χ2n) is 6.51. The highest BCUT2D eigenvalue weighted by molar-refractivity contribution is 7.80. The van der Waals surface area contributed by atoms with Crippen LogP contribution in [-0.4, -0.2) is 6.03 Å². The summed E-state index contributed by atoms with van der Waals surface area (Å²) in [6.07, 6.45) is 0. The highest BCUT2D eigenvalue weighted by Crippen LogP contribution is 2.52. The summed E-state index contributed by atoms with van der Waals surface area (Å²) in [6.45, 7) is 4.11. The van der Waals surface area contributed by atoms with Crippen LogP contribution < -0.4 is 10.2 Å². The number of rotatable bonds is 1. The van der Waals surface area contributed by atoms with Crippen molar-refractivity contribution in [2.75, 3.05) is 10.2 Å². The zero-order valence-corrected chi connectivity index (χ0v) is 17.3. The second-order valence-corrected chi connectivity index (χ2v) is 9.76. The molecule has 0 saturated carbocycles. The molecule has 0 aliphatic carbocycles. The molecule has 0 spiro atoms. The van der Waals surface area contributed by atoms with E-state index in [1.807, 2.05) is 41.3 Å². The van der Waals surface area contributed by atoms with Gasteiger partial charge in [0.1, 0.15) is 3.82 Å². The molecule has 1 aliphatic rings. The Hall–Kier alpha value is -1.73. The van der Waals surface area contributed by atoms with Crippen LogP contribution in [0.3, 0.4) is 0 Å². The van der Waals surface area contributed by atoms with Gasteiger partial charge in [-0.3, -0.25) is 4.90 Å². The highest BCUT2D eigenvalue weighted by atomic mass is 35.5. The molecule has 3 aromatic rings. The van der Waals surface area contributed by atoms with Crippen LogP contribution in [0.5, 0.6) is 0 Å². The maximum atomic E-state index is 13.2. The van der Waals surface area contributed by atoms with Crippen LogP contribution in [-0.2, 0) is 5.54 Å². The van der Waals surface area contributed by atoms with Gasteiger partial charge < -0.3 is 5.32 Å². The molecule has 132 valence electrons. The predicted octanol–water partition coefficient (Wildman–Crippen LogP) is 7.15. The Balaban J connectivity index is 1.83. The molecule has 0 radical (unpaired) electrons. The maximum Gasteiger partial charge on any atom is 0.327 e. The van der Waals surface area contributed by atoms with Crippen LogP contribution in [0.4, 0.5) is 16.2 Å². The first-order chi connectivity index (χ1) is 12.4. The van der Waals surface area contributed by atoms with Gasteiger partial charge in [0.05, 0.1) is 16.1 Å². The number of amides is 2. The third-order valence-corrected chi connectivity index (χ3v) is 8.00. The number of hydrogen-bond acceptors (Lipinski definition) is 4. The van der Waals surface area contributed by atoms with E-state index < -0.39 is 5.54 Å². The van der Waals surface area contributed by atoms with E-state index in [1.54, 1.807) is 32.8 Å². The van der Waals surface area contributed by atoms with Gasteiger partial charge in [0, 0.05) is 21.8 Å². The van der Waals surface area contributed by atoms with Crippen LogP contribution in [0, 0.1) is 3.82 Å². The van der Waals surface area contributed by atoms with Crippen LogP contribution in [0.25, 0.3) is 11.1 Å². The van der Waals surface area contributed by atoms with Crippen LogP contribution in [0.1, 0.15) is 18.7 Å². The van der Waals surface area contributed by atoms with E-state index in [0.29, 0.717) is 10.7 Å². The average Bonchev–Trinajstić information content (AvgIpc) is 2.98. The van der Waals surface area contributed by atoms with Gasteiger partial charge in [-0.05, 0) is 38.1 Å². The van der Waals surface area contributed by atoms with Crippen molar-refractivity contribution in [2.45, 2.75) is 19.4 Å². The minimum atomic E-state index is -0.509. The zero-order valence-electron chi connectivity index (χ0n) is 14.1. The summed E-state index contributed by atoms with van der Waals surface area (Å²) in [7, 11) is 3.23. The molecule has 0 saturated heterocycles. The molecule has 0 bridgehead atoms. The first-order valence-corrected chi connectivity index (χ1v) is 10.9. The number of benzene rings is 2. The number of carbonyl (C=O) groups is 1. The minimum absolute atomic E-state index is 0.195. The van der Waals surface area contributed by atoms with Gasteiger partial charge in [-0.15, -0.1) is 0 Å². The van der Waals surface area contributed by atoms with Crippen molar-refractivity contribution in [1.29, 1.82) is 0 Å². The monoisotopic (exact) mass is 418 g/mol. The third-order valence-electron chi connectivity index (χ3n) is 4.44. The zero-order chi connectivity index (χ0) is 18.5. The maximum absolute atomic E-state index is 13.2. The molecule has 0 fully saturated rings. The summed E-state index contributed by atoms with van der Waals surface area (Å²) in [5.41, 5.74) is 3.11. The molecule has 1 aromatic heterocycles. The molecular weight excluding hydrogens is 404 g/mol. The number of nitrogens with zero attached hydrogens (tertiary/aromatic N) is 1. The van der Waals surface area contributed by atoms with E-state index in [1.165, 1.54) is 0 Å². The second kappa shape index (κ2) is 6.46. The van der Waals surface area contributed by atoms with Crippen LogP contribution in [0.15, 0.2) is 48.5 Å².